The summed E-state index contributed by atoms with van der Waals surface area (Å²) >= 11 is 0. The first kappa shape index (κ1) is 9.72. The minimum Gasteiger partial charge on any atom is -0.261 e. The molecule has 1 nitrogen and oxygen atoms in total. The molecule has 0 bridgehead atoms. The van der Waals surface area contributed by atoms with E-state index in [-0.39, 0.29) is 0 Å². The van der Waals surface area contributed by atoms with Gasteiger partial charge in [0.15, 0.2) is 0 Å². The Morgan fingerprint density at radius 2 is 2.00 bits per heavy atom. The molecule has 0 radical (unpaired) electrons. The molecule has 0 heterocycles. The van der Waals surface area contributed by atoms with Gasteiger partial charge >= 0.3 is 0 Å². The van der Waals surface area contributed by atoms with E-state index in [9.17, 15) is 0 Å². The molecule has 0 fully saturated rings. The average molecular weight is 173 g/mol. The first-order chi connectivity index (χ1) is 6.25. The molecule has 0 aromatic heterocycles. The van der Waals surface area contributed by atoms with E-state index in [1.54, 1.807) is 0 Å². The van der Waals surface area contributed by atoms with Crippen LogP contribution in [0.1, 0.15) is 25.0 Å². The van der Waals surface area contributed by atoms with Crippen molar-refractivity contribution in [2.75, 3.05) is 0 Å². The second kappa shape index (κ2) is 4.61. The van der Waals surface area contributed by atoms with E-state index in [1.165, 1.54) is 11.1 Å². The number of nitrogens with zero attached hydrogens (tertiary/aromatic N) is 1. The minimum absolute atomic E-state index is 1.07. The normalized spacial score (nSPS) is 12.4. The molecule has 68 valence electrons. The van der Waals surface area contributed by atoms with Gasteiger partial charge in [0.25, 0.3) is 0 Å². The highest BCUT2D eigenvalue weighted by Crippen LogP contribution is 2.08. The van der Waals surface area contributed by atoms with Crippen molar-refractivity contribution in [3.63, 3.8) is 0 Å². The van der Waals surface area contributed by atoms with Gasteiger partial charge in [-0.25, -0.2) is 0 Å². The van der Waals surface area contributed by atoms with Crippen LogP contribution in [0, 0.1) is 6.92 Å². The zero-order valence-corrected chi connectivity index (χ0v) is 8.41. The predicted octanol–water partition coefficient (Wildman–Crippen LogP) is 3.34. The fraction of sp³-hybridized carbons (Fsp3) is 0.250. The van der Waals surface area contributed by atoms with Gasteiger partial charge in [-0.15, -0.1) is 0 Å². The maximum absolute atomic E-state index is 4.31. The summed E-state index contributed by atoms with van der Waals surface area (Å²) in [5, 5.41) is 0. The highest BCUT2D eigenvalue weighted by atomic mass is 14.7. The van der Waals surface area contributed by atoms with Crippen molar-refractivity contribution in [2.45, 2.75) is 20.8 Å². The lowest BCUT2D eigenvalue weighted by Crippen LogP contribution is -1.96. The Kier molecular flexibility index (Phi) is 3.44. The van der Waals surface area contributed by atoms with E-state index in [0.717, 1.165) is 5.71 Å². The van der Waals surface area contributed by atoms with Crippen molar-refractivity contribution in [3.8, 4) is 0 Å². The molecular formula is C12H15N. The third-order valence-electron chi connectivity index (χ3n) is 1.95. The lowest BCUT2D eigenvalue weighted by molar-refractivity contribution is 1.40. The first-order valence-electron chi connectivity index (χ1n) is 4.47. The fourth-order valence-electron chi connectivity index (χ4n) is 1.23. The maximum Gasteiger partial charge on any atom is 0.0447 e. The van der Waals surface area contributed by atoms with Crippen LogP contribution in [0.15, 0.2) is 41.5 Å². The van der Waals surface area contributed by atoms with E-state index in [4.69, 9.17) is 0 Å². The van der Waals surface area contributed by atoms with Gasteiger partial charge in [-0.2, -0.15) is 0 Å². The topological polar surface area (TPSA) is 12.4 Å². The summed E-state index contributed by atoms with van der Waals surface area (Å²) in [4.78, 5) is 4.31. The largest absolute Gasteiger partial charge is 0.261 e. The molecule has 0 atom stereocenters. The Hall–Kier alpha value is -1.37. The van der Waals surface area contributed by atoms with E-state index >= 15 is 0 Å². The summed E-state index contributed by atoms with van der Waals surface area (Å²) in [6.07, 6.45) is 3.75. The van der Waals surface area contributed by atoms with Crippen LogP contribution in [0.2, 0.25) is 0 Å². The molecule has 13 heavy (non-hydrogen) atoms. The Labute approximate surface area is 79.8 Å². The SMILES string of the molecule is C/C=C\N=C(/C)c1ccccc1C. The molecule has 1 aromatic carbocycles. The molecule has 0 aliphatic heterocycles. The summed E-state index contributed by atoms with van der Waals surface area (Å²) < 4.78 is 0. The molecule has 0 unspecified atom stereocenters. The van der Waals surface area contributed by atoms with Gasteiger partial charge in [0, 0.05) is 11.9 Å². The predicted molar refractivity (Wildman–Crippen MR) is 58.2 cm³/mol. The Bertz CT molecular complexity index is 335. The van der Waals surface area contributed by atoms with Crippen molar-refractivity contribution in [1.29, 1.82) is 0 Å². The third-order valence-corrected chi connectivity index (χ3v) is 1.95. The molecule has 1 rings (SSSR count). The summed E-state index contributed by atoms with van der Waals surface area (Å²) in [5.74, 6) is 0. The van der Waals surface area contributed by atoms with Crippen molar-refractivity contribution < 1.29 is 0 Å². The summed E-state index contributed by atoms with van der Waals surface area (Å²) in [6.45, 7) is 6.10. The molecule has 0 aliphatic carbocycles. The zero-order chi connectivity index (χ0) is 9.68. The fourth-order valence-corrected chi connectivity index (χ4v) is 1.23. The quantitative estimate of drug-likeness (QED) is 0.608. The third kappa shape index (κ3) is 2.55. The van der Waals surface area contributed by atoms with Crippen LogP contribution in [-0.2, 0) is 0 Å². The number of benzene rings is 1. The lowest BCUT2D eigenvalue weighted by atomic mass is 10.1. The molecule has 0 spiro atoms. The second-order valence-corrected chi connectivity index (χ2v) is 3.01. The van der Waals surface area contributed by atoms with E-state index < -0.39 is 0 Å². The van der Waals surface area contributed by atoms with E-state index in [1.807, 2.05) is 38.3 Å². The number of rotatable bonds is 2. The number of hydrogen-bond donors (Lipinski definition) is 0. The molecule has 1 aromatic rings. The van der Waals surface area contributed by atoms with Gasteiger partial charge in [0.05, 0.1) is 0 Å². The standard InChI is InChI=1S/C12H15N/c1-4-9-13-11(3)12-8-6-5-7-10(12)2/h4-9H,1-3H3/b9-4-,13-11+. The van der Waals surface area contributed by atoms with Crippen LogP contribution >= 0.6 is 0 Å². The number of allylic oxidation sites excluding steroid dienone is 1. The lowest BCUT2D eigenvalue weighted by Gasteiger charge is -2.02. The maximum atomic E-state index is 4.31. The van der Waals surface area contributed by atoms with Crippen molar-refractivity contribution in [1.82, 2.24) is 0 Å². The van der Waals surface area contributed by atoms with E-state index in [0.29, 0.717) is 0 Å². The van der Waals surface area contributed by atoms with E-state index in [2.05, 4.69) is 24.0 Å². The summed E-state index contributed by atoms with van der Waals surface area (Å²) in [7, 11) is 0. The molecule has 0 N–H and O–H groups in total. The molecule has 0 aliphatic rings. The van der Waals surface area contributed by atoms with Crippen LogP contribution in [-0.4, -0.2) is 5.71 Å². The van der Waals surface area contributed by atoms with Gasteiger partial charge in [-0.1, -0.05) is 30.3 Å². The zero-order valence-electron chi connectivity index (χ0n) is 8.41. The van der Waals surface area contributed by atoms with Gasteiger partial charge in [0.2, 0.25) is 0 Å². The molecule has 0 saturated heterocycles. The molecule has 1 heteroatoms. The van der Waals surface area contributed by atoms with Crippen molar-refractivity contribution in [2.24, 2.45) is 4.99 Å². The second-order valence-electron chi connectivity index (χ2n) is 3.01. The first-order valence-corrected chi connectivity index (χ1v) is 4.47. The number of aliphatic imine (C=N–C) groups is 1. The van der Waals surface area contributed by atoms with Gasteiger partial charge in [0.1, 0.15) is 0 Å². The summed E-state index contributed by atoms with van der Waals surface area (Å²) in [5.41, 5.74) is 3.56. The monoisotopic (exact) mass is 173 g/mol. The molecule has 0 amide bonds. The average Bonchev–Trinajstić information content (AvgIpc) is 2.15. The van der Waals surface area contributed by atoms with Gasteiger partial charge in [-0.3, -0.25) is 4.99 Å². The van der Waals surface area contributed by atoms with Gasteiger partial charge in [-0.05, 0) is 31.9 Å². The summed E-state index contributed by atoms with van der Waals surface area (Å²) in [6, 6.07) is 8.28. The molecular weight excluding hydrogens is 158 g/mol. The molecule has 0 saturated carbocycles. The smallest absolute Gasteiger partial charge is 0.0447 e. The Morgan fingerprint density at radius 3 is 2.62 bits per heavy atom. The highest BCUT2D eigenvalue weighted by Gasteiger charge is 1.98. The van der Waals surface area contributed by atoms with Crippen LogP contribution in [0.5, 0.6) is 0 Å². The highest BCUT2D eigenvalue weighted by molar-refractivity contribution is 6.00. The Balaban J connectivity index is 3.01. The number of hydrogen-bond acceptors (Lipinski definition) is 1. The van der Waals surface area contributed by atoms with Crippen LogP contribution < -0.4 is 0 Å². The van der Waals surface area contributed by atoms with Crippen LogP contribution in [0.25, 0.3) is 0 Å². The van der Waals surface area contributed by atoms with Crippen LogP contribution in [0.3, 0.4) is 0 Å². The minimum atomic E-state index is 1.07. The van der Waals surface area contributed by atoms with Gasteiger partial charge < -0.3 is 0 Å². The number of aryl methyl sites for hydroxylation is 1. The van der Waals surface area contributed by atoms with Crippen molar-refractivity contribution >= 4 is 5.71 Å². The Morgan fingerprint density at radius 1 is 1.31 bits per heavy atom. The van der Waals surface area contributed by atoms with Crippen LogP contribution in [0.4, 0.5) is 0 Å². The van der Waals surface area contributed by atoms with Crippen molar-refractivity contribution in [3.05, 3.63) is 47.7 Å².